The monoisotopic (exact) mass is 506 g/mol. The van der Waals surface area contributed by atoms with Gasteiger partial charge in [-0.25, -0.2) is 27.3 Å². The molecule has 0 radical (unpaired) electrons. The Hall–Kier alpha value is -2.72. The Bertz CT molecular complexity index is 1250. The molecule has 10 heteroatoms. The van der Waals surface area contributed by atoms with Crippen LogP contribution in [0.3, 0.4) is 0 Å². The highest BCUT2D eigenvalue weighted by atomic mass is 32.2. The molecular weight excluding hydrogens is 475 g/mol. The summed E-state index contributed by atoms with van der Waals surface area (Å²) in [6, 6.07) is 5.75. The van der Waals surface area contributed by atoms with Crippen LogP contribution in [0.1, 0.15) is 50.4 Å². The third-order valence-corrected chi connectivity index (χ3v) is 8.21. The first kappa shape index (κ1) is 25.9. The van der Waals surface area contributed by atoms with Gasteiger partial charge in [0, 0.05) is 41.4 Å². The molecule has 0 atom stereocenters. The smallest absolute Gasteiger partial charge is 0.328 e. The number of hydrogen-bond donors (Lipinski definition) is 2. The number of sulfonamides is 1. The SMILES string of the molecule is CCCNC(=O)NS(=O)(=O)c1sc(CC(C)C)cc1-c1ccc(Cn2ccnc2CC)c(F)c1. The fraction of sp³-hybridized carbons (Fsp3) is 0.417. The van der Waals surface area contributed by atoms with Crippen molar-refractivity contribution in [3.63, 3.8) is 0 Å². The van der Waals surface area contributed by atoms with Crippen molar-refractivity contribution in [2.45, 2.75) is 57.7 Å². The number of amides is 2. The van der Waals surface area contributed by atoms with E-state index in [1.165, 1.54) is 6.07 Å². The molecule has 3 rings (SSSR count). The van der Waals surface area contributed by atoms with E-state index in [9.17, 15) is 13.2 Å². The van der Waals surface area contributed by atoms with Crippen molar-refractivity contribution in [2.75, 3.05) is 6.54 Å². The first-order chi connectivity index (χ1) is 16.1. The Morgan fingerprint density at radius 1 is 1.24 bits per heavy atom. The summed E-state index contributed by atoms with van der Waals surface area (Å²) in [4.78, 5) is 17.2. The summed E-state index contributed by atoms with van der Waals surface area (Å²) in [7, 11) is -4.14. The van der Waals surface area contributed by atoms with Crippen molar-refractivity contribution in [2.24, 2.45) is 5.92 Å². The minimum absolute atomic E-state index is 0.00447. The molecule has 34 heavy (non-hydrogen) atoms. The van der Waals surface area contributed by atoms with Crippen molar-refractivity contribution in [3.05, 3.63) is 58.7 Å². The molecule has 0 fully saturated rings. The van der Waals surface area contributed by atoms with E-state index in [1.54, 1.807) is 24.4 Å². The van der Waals surface area contributed by atoms with Crippen LogP contribution in [-0.2, 0) is 29.4 Å². The Kier molecular flexibility index (Phi) is 8.48. The Balaban J connectivity index is 1.97. The van der Waals surface area contributed by atoms with E-state index in [4.69, 9.17) is 0 Å². The maximum Gasteiger partial charge on any atom is 0.328 e. The van der Waals surface area contributed by atoms with Crippen LogP contribution in [0, 0.1) is 11.7 Å². The molecule has 2 amide bonds. The molecule has 7 nitrogen and oxygen atoms in total. The molecule has 2 N–H and O–H groups in total. The molecule has 3 aromatic rings. The maximum absolute atomic E-state index is 15.1. The molecule has 0 bridgehead atoms. The third-order valence-electron chi connectivity index (χ3n) is 5.19. The Morgan fingerprint density at radius 2 is 2.00 bits per heavy atom. The minimum Gasteiger partial charge on any atom is -0.337 e. The van der Waals surface area contributed by atoms with Gasteiger partial charge in [-0.15, -0.1) is 11.3 Å². The van der Waals surface area contributed by atoms with Crippen LogP contribution in [0.2, 0.25) is 0 Å². The van der Waals surface area contributed by atoms with E-state index in [0.29, 0.717) is 48.5 Å². The minimum atomic E-state index is -4.14. The fourth-order valence-corrected chi connectivity index (χ4v) is 6.47. The van der Waals surface area contributed by atoms with E-state index in [-0.39, 0.29) is 4.21 Å². The molecule has 0 spiro atoms. The standard InChI is InChI=1S/C24H31FN4O3S2/c1-5-9-27-24(30)28-34(31,32)23-20(14-19(33-23)12-16(3)4)17-7-8-18(21(25)13-17)15-29-11-10-26-22(29)6-2/h7-8,10-11,13-14,16H,5-6,9,12,15H2,1-4H3,(H2,27,28,30). The van der Waals surface area contributed by atoms with Gasteiger partial charge in [-0.1, -0.05) is 39.8 Å². The summed E-state index contributed by atoms with van der Waals surface area (Å²) in [6.45, 7) is 8.64. The molecule has 0 saturated carbocycles. The Morgan fingerprint density at radius 3 is 2.65 bits per heavy atom. The number of rotatable bonds is 10. The highest BCUT2D eigenvalue weighted by Gasteiger charge is 2.26. The molecule has 184 valence electrons. The summed E-state index contributed by atoms with van der Waals surface area (Å²) in [5, 5.41) is 2.51. The van der Waals surface area contributed by atoms with Crippen LogP contribution in [-0.4, -0.2) is 30.5 Å². The van der Waals surface area contributed by atoms with Crippen molar-refractivity contribution in [1.82, 2.24) is 19.6 Å². The number of benzene rings is 1. The summed E-state index contributed by atoms with van der Waals surface area (Å²) in [6.07, 6.45) is 5.59. The lowest BCUT2D eigenvalue weighted by Gasteiger charge is -2.11. The number of aromatic nitrogens is 2. The predicted molar refractivity (Wildman–Crippen MR) is 133 cm³/mol. The molecule has 2 aromatic heterocycles. The third kappa shape index (κ3) is 6.24. The van der Waals surface area contributed by atoms with Gasteiger partial charge in [-0.2, -0.15) is 0 Å². The van der Waals surface area contributed by atoms with Gasteiger partial charge in [0.1, 0.15) is 15.9 Å². The first-order valence-electron chi connectivity index (χ1n) is 11.4. The molecule has 0 aliphatic heterocycles. The summed E-state index contributed by atoms with van der Waals surface area (Å²) in [5.74, 6) is 0.743. The second-order valence-electron chi connectivity index (χ2n) is 8.50. The van der Waals surface area contributed by atoms with E-state index >= 15 is 4.39 Å². The number of imidazole rings is 1. The normalized spacial score (nSPS) is 11.7. The number of hydrogen-bond acceptors (Lipinski definition) is 5. The quantitative estimate of drug-likeness (QED) is 0.407. The number of carbonyl (C=O) groups excluding carboxylic acids is 1. The van der Waals surface area contributed by atoms with Crippen LogP contribution in [0.25, 0.3) is 11.1 Å². The van der Waals surface area contributed by atoms with Gasteiger partial charge in [-0.3, -0.25) is 0 Å². The van der Waals surface area contributed by atoms with Crippen LogP contribution < -0.4 is 10.0 Å². The van der Waals surface area contributed by atoms with Gasteiger partial charge >= 0.3 is 6.03 Å². The Labute approximate surface area is 204 Å². The average molecular weight is 507 g/mol. The number of aryl methyl sites for hydroxylation is 1. The van der Waals surface area contributed by atoms with Crippen LogP contribution in [0.15, 0.2) is 40.9 Å². The second kappa shape index (κ2) is 11.1. The molecule has 1 aromatic carbocycles. The molecule has 0 saturated heterocycles. The summed E-state index contributed by atoms with van der Waals surface area (Å²) in [5.41, 5.74) is 1.32. The van der Waals surface area contributed by atoms with Gasteiger partial charge in [0.2, 0.25) is 0 Å². The molecule has 0 unspecified atom stereocenters. The van der Waals surface area contributed by atoms with Crippen LogP contribution >= 0.6 is 11.3 Å². The highest BCUT2D eigenvalue weighted by Crippen LogP contribution is 2.37. The predicted octanol–water partition coefficient (Wildman–Crippen LogP) is 4.96. The van der Waals surface area contributed by atoms with Gasteiger partial charge < -0.3 is 9.88 Å². The number of urea groups is 1. The van der Waals surface area contributed by atoms with E-state index in [0.717, 1.165) is 28.5 Å². The lowest BCUT2D eigenvalue weighted by molar-refractivity contribution is 0.246. The van der Waals surface area contributed by atoms with Crippen molar-refractivity contribution < 1.29 is 17.6 Å². The molecule has 0 aliphatic carbocycles. The largest absolute Gasteiger partial charge is 0.337 e. The highest BCUT2D eigenvalue weighted by molar-refractivity contribution is 7.92. The number of carbonyl (C=O) groups is 1. The van der Waals surface area contributed by atoms with Gasteiger partial charge in [0.15, 0.2) is 0 Å². The zero-order chi connectivity index (χ0) is 24.9. The number of nitrogens with zero attached hydrogens (tertiary/aromatic N) is 2. The molecule has 2 heterocycles. The van der Waals surface area contributed by atoms with Crippen LogP contribution in [0.4, 0.5) is 9.18 Å². The lowest BCUT2D eigenvalue weighted by Crippen LogP contribution is -2.39. The zero-order valence-corrected chi connectivity index (χ0v) is 21.5. The van der Waals surface area contributed by atoms with E-state index in [1.807, 2.05) is 38.5 Å². The number of halogens is 1. The first-order valence-corrected chi connectivity index (χ1v) is 13.7. The van der Waals surface area contributed by atoms with Crippen molar-refractivity contribution in [3.8, 4) is 11.1 Å². The van der Waals surface area contributed by atoms with Crippen molar-refractivity contribution in [1.29, 1.82) is 0 Å². The lowest BCUT2D eigenvalue weighted by atomic mass is 10.0. The number of nitrogens with one attached hydrogen (secondary N) is 2. The number of thiophene rings is 1. The topological polar surface area (TPSA) is 93.1 Å². The van der Waals surface area contributed by atoms with E-state index in [2.05, 4.69) is 15.0 Å². The average Bonchev–Trinajstić information content (AvgIpc) is 3.40. The van der Waals surface area contributed by atoms with Gasteiger partial charge in [-0.05, 0) is 36.5 Å². The summed E-state index contributed by atoms with van der Waals surface area (Å²) < 4.78 is 45.2. The second-order valence-corrected chi connectivity index (χ2v) is 11.5. The van der Waals surface area contributed by atoms with E-state index < -0.39 is 21.9 Å². The fourth-order valence-electron chi connectivity index (χ4n) is 3.60. The van der Waals surface area contributed by atoms with Crippen molar-refractivity contribution >= 4 is 27.4 Å². The van der Waals surface area contributed by atoms with Crippen LogP contribution in [0.5, 0.6) is 0 Å². The maximum atomic E-state index is 15.1. The van der Waals surface area contributed by atoms with Gasteiger partial charge in [0.25, 0.3) is 10.0 Å². The summed E-state index contributed by atoms with van der Waals surface area (Å²) >= 11 is 1.11. The molecular formula is C24H31FN4O3S2. The van der Waals surface area contributed by atoms with Gasteiger partial charge in [0.05, 0.1) is 6.54 Å². The zero-order valence-electron chi connectivity index (χ0n) is 19.9. The molecule has 0 aliphatic rings.